The summed E-state index contributed by atoms with van der Waals surface area (Å²) < 4.78 is 213. The smallest absolute Gasteiger partial charge is 0.252 e. The van der Waals surface area contributed by atoms with Crippen LogP contribution in [0.15, 0.2) is 137 Å². The molecule has 3 aliphatic heterocycles. The van der Waals surface area contributed by atoms with E-state index in [0.717, 1.165) is 14.4 Å². The van der Waals surface area contributed by atoms with Gasteiger partial charge in [0.2, 0.25) is 0 Å². The van der Waals surface area contributed by atoms with E-state index in [1.54, 1.807) is 20.8 Å². The molecule has 0 saturated heterocycles. The summed E-state index contributed by atoms with van der Waals surface area (Å²) in [7, 11) is 0. The van der Waals surface area contributed by atoms with Gasteiger partial charge in [-0.05, 0) is 75.7 Å². The lowest BCUT2D eigenvalue weighted by molar-refractivity contribution is 0.591. The number of fused-ring (bicyclic) bond motifs is 12. The molecule has 3 aliphatic rings. The summed E-state index contributed by atoms with van der Waals surface area (Å²) in [5.74, 6) is 0. The monoisotopic (exact) mass is 700 g/mol. The number of benzene rings is 7. The molecule has 0 atom stereocenters. The van der Waals surface area contributed by atoms with Gasteiger partial charge >= 0.3 is 0 Å². The highest BCUT2D eigenvalue weighted by atomic mass is 16.3. The van der Waals surface area contributed by atoms with Gasteiger partial charge in [-0.3, -0.25) is 0 Å². The van der Waals surface area contributed by atoms with E-state index in [9.17, 15) is 24.5 Å². The topological polar surface area (TPSA) is 48.3 Å². The standard InChI is InChI=1S/C47H31BN4O/c1-47(2,3)28-21-22-36-34(25-28)48-33-15-10-18-38-45(33)52(37-17-8-13-31-29-11-4-6-16-35(29)51(38)44(31)37)41-24-27(26-49)23-40(43(41)48)50(36)39-19-9-14-32-30-12-5-7-20-42(30)53-46(32)39/h4-25H,1-3H3/i4D,5D,6D,7D,8D,9D,10D,11D,12D,13D,14D,15D,16D,17D,18D,19D,20D,21D,22D,23D,24D,25D. The van der Waals surface area contributed by atoms with Crippen molar-refractivity contribution in [1.29, 1.82) is 5.26 Å². The molecular formula is C47H31BN4O. The Kier molecular flexibility index (Phi) is 2.79. The summed E-state index contributed by atoms with van der Waals surface area (Å²) in [5, 5.41) is 9.70. The first kappa shape index (κ1) is 15.1. The molecule has 0 saturated carbocycles. The Morgan fingerprint density at radius 3 is 2.15 bits per heavy atom. The van der Waals surface area contributed by atoms with Gasteiger partial charge in [0.15, 0.2) is 5.58 Å². The maximum absolute atomic E-state index is 11.1. The van der Waals surface area contributed by atoms with Crippen LogP contribution in [0.2, 0.25) is 0 Å². The van der Waals surface area contributed by atoms with Crippen LogP contribution in [0.25, 0.3) is 49.4 Å². The maximum atomic E-state index is 11.1. The van der Waals surface area contributed by atoms with Gasteiger partial charge < -0.3 is 18.8 Å². The molecule has 0 unspecified atom stereocenters. The van der Waals surface area contributed by atoms with Crippen LogP contribution in [0.1, 0.15) is 62.1 Å². The summed E-state index contributed by atoms with van der Waals surface area (Å²) in [6, 6.07) is -13.9. The normalized spacial score (nSPS) is 19.6. The highest BCUT2D eigenvalue weighted by molar-refractivity contribution is 7.00. The van der Waals surface area contributed by atoms with Crippen molar-refractivity contribution < 1.29 is 34.6 Å². The van der Waals surface area contributed by atoms with Crippen molar-refractivity contribution in [2.45, 2.75) is 26.2 Å². The second-order valence-electron chi connectivity index (χ2n) is 13.9. The highest BCUT2D eigenvalue weighted by Gasteiger charge is 2.46. The molecule has 0 N–H and O–H groups in total. The molecule has 0 aliphatic carbocycles. The van der Waals surface area contributed by atoms with Gasteiger partial charge in [0.25, 0.3) is 6.71 Å². The van der Waals surface area contributed by atoms with E-state index < -0.39 is 196 Å². The zero-order chi connectivity index (χ0) is 54.5. The van der Waals surface area contributed by atoms with Gasteiger partial charge in [-0.15, -0.1) is 0 Å². The maximum Gasteiger partial charge on any atom is 0.252 e. The zero-order valence-electron chi connectivity index (χ0n) is 49.8. The average Bonchev–Trinajstić information content (AvgIpc) is 3.94. The molecule has 9 aromatic rings. The molecule has 0 spiro atoms. The van der Waals surface area contributed by atoms with Gasteiger partial charge in [-0.25, -0.2) is 0 Å². The Balaban J connectivity index is 1.40. The van der Waals surface area contributed by atoms with Crippen LogP contribution in [-0.2, 0) is 5.41 Å². The van der Waals surface area contributed by atoms with Crippen molar-refractivity contribution in [2.24, 2.45) is 0 Å². The molecule has 0 bridgehead atoms. The number of furan rings is 1. The van der Waals surface area contributed by atoms with Crippen molar-refractivity contribution in [3.63, 3.8) is 0 Å². The number of hydrogen-bond donors (Lipinski definition) is 0. The summed E-state index contributed by atoms with van der Waals surface area (Å²) in [4.78, 5) is 2.14. The van der Waals surface area contributed by atoms with Crippen molar-refractivity contribution in [3.05, 3.63) is 144 Å². The predicted molar refractivity (Wildman–Crippen MR) is 219 cm³/mol. The van der Waals surface area contributed by atoms with E-state index in [0.29, 0.717) is 0 Å². The van der Waals surface area contributed by atoms with E-state index >= 15 is 0 Å². The number of rotatable bonds is 1. The summed E-state index contributed by atoms with van der Waals surface area (Å²) in [6.45, 7) is 3.27. The summed E-state index contributed by atoms with van der Waals surface area (Å²) in [6.07, 6.45) is 0. The number of anilines is 6. The van der Waals surface area contributed by atoms with Crippen molar-refractivity contribution >= 4 is 101 Å². The lowest BCUT2D eigenvalue weighted by Crippen LogP contribution is -2.62. The van der Waals surface area contributed by atoms with Gasteiger partial charge in [0.05, 0.1) is 75.6 Å². The van der Waals surface area contributed by atoms with Crippen molar-refractivity contribution in [2.75, 3.05) is 9.80 Å². The van der Waals surface area contributed by atoms with Gasteiger partial charge in [0, 0.05) is 38.6 Å². The Hall–Kier alpha value is -6.71. The largest absolute Gasteiger partial charge is 0.454 e. The number of hydrogen-bond acceptors (Lipinski definition) is 4. The number of para-hydroxylation sites is 5. The Morgan fingerprint density at radius 2 is 1.32 bits per heavy atom. The predicted octanol–water partition coefficient (Wildman–Crippen LogP) is 10.2. The minimum absolute atomic E-state index is 0.0471. The molecule has 248 valence electrons. The fourth-order valence-corrected chi connectivity index (χ4v) is 7.89. The molecule has 6 heteroatoms. The third-order valence-corrected chi connectivity index (χ3v) is 10.1. The minimum atomic E-state index is -1.72. The minimum Gasteiger partial charge on any atom is -0.454 e. The molecule has 0 amide bonds. The molecule has 0 radical (unpaired) electrons. The van der Waals surface area contributed by atoms with Crippen molar-refractivity contribution in [1.82, 2.24) is 4.57 Å². The first-order valence-corrected chi connectivity index (χ1v) is 16.5. The van der Waals surface area contributed by atoms with Crippen LogP contribution in [0, 0.1) is 11.3 Å². The Morgan fingerprint density at radius 1 is 0.623 bits per heavy atom. The molecule has 5 heterocycles. The van der Waals surface area contributed by atoms with E-state index in [1.807, 2.05) is 6.07 Å². The molecule has 5 nitrogen and oxygen atoms in total. The molecule has 2 aromatic heterocycles. The van der Waals surface area contributed by atoms with Crippen LogP contribution < -0.4 is 26.2 Å². The highest BCUT2D eigenvalue weighted by Crippen LogP contribution is 2.53. The first-order chi connectivity index (χ1) is 35.1. The number of nitrogens with zero attached hydrogens (tertiary/aromatic N) is 4. The fourth-order valence-electron chi connectivity index (χ4n) is 7.89. The van der Waals surface area contributed by atoms with E-state index in [-0.39, 0.29) is 60.5 Å². The third kappa shape index (κ3) is 3.57. The second kappa shape index (κ2) is 9.79. The van der Waals surface area contributed by atoms with Gasteiger partial charge in [-0.1, -0.05) is 105 Å². The first-order valence-electron chi connectivity index (χ1n) is 27.5. The third-order valence-electron chi connectivity index (χ3n) is 10.1. The van der Waals surface area contributed by atoms with E-state index in [4.69, 9.17) is 15.4 Å². The van der Waals surface area contributed by atoms with Crippen LogP contribution in [-0.4, -0.2) is 11.3 Å². The van der Waals surface area contributed by atoms with Crippen LogP contribution >= 0.6 is 0 Å². The second-order valence-corrected chi connectivity index (χ2v) is 13.9. The average molecular weight is 701 g/mol. The van der Waals surface area contributed by atoms with E-state index in [2.05, 4.69) is 0 Å². The summed E-state index contributed by atoms with van der Waals surface area (Å²) in [5.41, 5.74) is -7.46. The zero-order valence-corrected chi connectivity index (χ0v) is 27.8. The molecule has 0 fully saturated rings. The Bertz CT molecular complexity index is 4420. The lowest BCUT2D eigenvalue weighted by Gasteiger charge is -2.46. The van der Waals surface area contributed by atoms with Crippen molar-refractivity contribution in [3.8, 4) is 11.8 Å². The Labute approximate surface area is 337 Å². The molecule has 53 heavy (non-hydrogen) atoms. The summed E-state index contributed by atoms with van der Waals surface area (Å²) >= 11 is 0. The number of aromatic nitrogens is 1. The van der Waals surface area contributed by atoms with Crippen LogP contribution in [0.5, 0.6) is 0 Å². The van der Waals surface area contributed by atoms with Gasteiger partial charge in [0.1, 0.15) is 5.58 Å². The lowest BCUT2D eigenvalue weighted by atomic mass is 9.33. The fraction of sp³-hybridized carbons (Fsp3) is 0.0851. The van der Waals surface area contributed by atoms with E-state index in [1.165, 1.54) is 0 Å². The molecule has 7 aromatic carbocycles. The van der Waals surface area contributed by atoms with Gasteiger partial charge in [-0.2, -0.15) is 5.26 Å². The van der Waals surface area contributed by atoms with Crippen LogP contribution in [0.4, 0.5) is 34.1 Å². The van der Waals surface area contributed by atoms with Crippen LogP contribution in [0.3, 0.4) is 0 Å². The molecule has 12 rings (SSSR count). The quantitative estimate of drug-likeness (QED) is 0.160. The molecular weight excluding hydrogens is 647 g/mol. The number of nitriles is 1. The SMILES string of the molecule is [2H]c1c([2H])c2c3c(c1[2H])-n1c4c([2H])c([2H])c([2H])c([2H])c4c4c([2H])c([2H])c([2H])c(c41)N3c1c([2H])c(C#N)c([2H])c3c1B2c1c([2H])c(C(C)(C)C)c([2H])c([2H])c1N3c1c([2H])c([2H])c([2H])c2c1oc1c([2H])c([2H])c([2H])c([2H])c12.